The first-order valence-corrected chi connectivity index (χ1v) is 13.8. The van der Waals surface area contributed by atoms with E-state index < -0.39 is 14.6 Å². The molecule has 0 radical (unpaired) electrons. The van der Waals surface area contributed by atoms with Crippen LogP contribution in [0.5, 0.6) is 0 Å². The topological polar surface area (TPSA) is 216 Å². The van der Waals surface area contributed by atoms with Crippen molar-refractivity contribution in [3.8, 4) is 0 Å². The van der Waals surface area contributed by atoms with Gasteiger partial charge in [0, 0.05) is 36.4 Å². The summed E-state index contributed by atoms with van der Waals surface area (Å²) >= 11 is 0. The van der Waals surface area contributed by atoms with E-state index in [0.29, 0.717) is 0 Å². The van der Waals surface area contributed by atoms with Gasteiger partial charge in [0.05, 0.1) is 0 Å². The highest BCUT2D eigenvalue weighted by Gasteiger charge is 2.34. The Labute approximate surface area is 215 Å². The predicted octanol–water partition coefficient (Wildman–Crippen LogP) is -8.10. The molecule has 0 heterocycles. The Morgan fingerprint density at radius 1 is 0.429 bits per heavy atom. The van der Waals surface area contributed by atoms with E-state index in [1.165, 1.54) is 15.6 Å². The quantitative estimate of drug-likeness (QED) is 0.261. The molecule has 180 valence electrons. The van der Waals surface area contributed by atoms with Crippen molar-refractivity contribution >= 4 is 58.8 Å². The van der Waals surface area contributed by atoms with Gasteiger partial charge in [0.1, 0.15) is 0 Å². The molecule has 3 rings (SSSR count). The highest BCUT2D eigenvalue weighted by Crippen LogP contribution is 1.80. The van der Waals surface area contributed by atoms with Crippen molar-refractivity contribution in [1.29, 1.82) is 0 Å². The van der Waals surface area contributed by atoms with E-state index in [-0.39, 0.29) is 0 Å². The molecule has 0 bridgehead atoms. The van der Waals surface area contributed by atoms with Crippen molar-refractivity contribution in [2.24, 2.45) is 17.2 Å². The third kappa shape index (κ3) is 30.0. The Balaban J connectivity index is 0. The zero-order valence-electron chi connectivity index (χ0n) is 19.1. The van der Waals surface area contributed by atoms with Crippen LogP contribution in [0.4, 0.5) is 0 Å². The molecule has 35 heavy (non-hydrogen) atoms. The second kappa shape index (κ2) is 26.7. The first kappa shape index (κ1) is 35.2. The molecule has 14 heteroatoms. The lowest BCUT2D eigenvalue weighted by atomic mass is 10.3. The maximum Gasteiger partial charge on any atom is 0.973 e. The van der Waals surface area contributed by atoms with Gasteiger partial charge in [0.15, 0.2) is 0 Å². The molecule has 3 aromatic rings. The lowest BCUT2D eigenvalue weighted by molar-refractivity contribution is -0.481. The maximum absolute atomic E-state index is 8.42. The minimum atomic E-state index is -2.92. The molecule has 0 fully saturated rings. The van der Waals surface area contributed by atoms with Crippen LogP contribution < -0.4 is 62.9 Å². The second-order valence-electron chi connectivity index (χ2n) is 5.82. The first-order chi connectivity index (χ1) is 16.8. The van der Waals surface area contributed by atoms with Gasteiger partial charge in [-0.15, -0.1) is 0 Å². The third-order valence-corrected chi connectivity index (χ3v) is 6.08. The van der Waals surface area contributed by atoms with Gasteiger partial charge < -0.3 is 30.1 Å². The summed E-state index contributed by atoms with van der Waals surface area (Å²) in [6, 6.07) is 30.9. The largest absolute Gasteiger partial charge is 0.973 e. The number of rotatable bonds is 6. The predicted molar refractivity (Wildman–Crippen MR) is 134 cm³/mol. The molecule has 0 saturated carbocycles. The minimum absolute atomic E-state index is 0.765. The van der Waals surface area contributed by atoms with Gasteiger partial charge in [-0.25, -0.2) is 0 Å². The third-order valence-electron chi connectivity index (χ3n) is 3.24. The number of nitrogens with two attached hydrogens (primary N) is 3. The molecule has 0 saturated heterocycles. The molecular formula is C21H27B2N3O6Si3. The fraction of sp³-hybridized carbons (Fsp3) is 0.143. The number of hydrogen-bond donors (Lipinski definition) is 3. The SMILES string of the molecule is NC[Si+2]c1ccccc1.NC[Si+2]c1ccccc1.NC[Si+2]c1ccccc1.[O-]B([O-])[O-].[O-]B([O-])[O-]. The fourth-order valence-electron chi connectivity index (χ4n) is 2.02. The van der Waals surface area contributed by atoms with Crippen LogP contribution in [0.1, 0.15) is 0 Å². The summed E-state index contributed by atoms with van der Waals surface area (Å²) in [5.41, 5.74) is 16.1. The summed E-state index contributed by atoms with van der Waals surface area (Å²) in [5, 5.41) is 54.5. The van der Waals surface area contributed by atoms with Crippen LogP contribution in [0.2, 0.25) is 0 Å². The van der Waals surface area contributed by atoms with Crippen LogP contribution in [-0.4, -0.2) is 61.7 Å². The number of hydrogen-bond acceptors (Lipinski definition) is 9. The molecule has 9 nitrogen and oxygen atoms in total. The van der Waals surface area contributed by atoms with Crippen molar-refractivity contribution in [3.05, 3.63) is 91.0 Å². The van der Waals surface area contributed by atoms with Crippen LogP contribution in [0, 0.1) is 0 Å². The van der Waals surface area contributed by atoms with Gasteiger partial charge in [0.2, 0.25) is 0 Å². The van der Waals surface area contributed by atoms with Crippen LogP contribution in [0.15, 0.2) is 91.0 Å². The standard InChI is InChI=1S/3C7H9NSi.2BO3/c3*8-6-9-7-4-2-1-3-5-7;2*2-1(3)4/h3*1-5H,6,8H2;;/q3*+2;2*-3. The maximum atomic E-state index is 8.42. The molecule has 3 aromatic carbocycles. The molecule has 0 spiro atoms. The monoisotopic (exact) mass is 523 g/mol. The summed E-state index contributed by atoms with van der Waals surface area (Å²) in [7, 11) is -3.54. The Morgan fingerprint density at radius 2 is 0.600 bits per heavy atom. The number of benzene rings is 3. The summed E-state index contributed by atoms with van der Waals surface area (Å²) in [6.07, 6.45) is 2.30. The average molecular weight is 523 g/mol. The van der Waals surface area contributed by atoms with Gasteiger partial charge in [-0.1, -0.05) is 54.6 Å². The Morgan fingerprint density at radius 3 is 0.743 bits per heavy atom. The summed E-state index contributed by atoms with van der Waals surface area (Å²) in [5.74, 6) is 0. The highest BCUT2D eigenvalue weighted by molar-refractivity contribution is 6.54. The first-order valence-electron chi connectivity index (χ1n) is 10.2. The lowest BCUT2D eigenvalue weighted by Gasteiger charge is -2.35. The molecule has 0 aliphatic rings. The van der Waals surface area contributed by atoms with Crippen molar-refractivity contribution in [1.82, 2.24) is 0 Å². The molecule has 0 unspecified atom stereocenters. The Kier molecular flexibility index (Phi) is 26.9. The van der Waals surface area contributed by atoms with Gasteiger partial charge in [-0.05, 0) is 0 Å². The van der Waals surface area contributed by atoms with Gasteiger partial charge in [-0.2, -0.15) is 0 Å². The zero-order chi connectivity index (χ0) is 26.7. The average Bonchev–Trinajstić information content (AvgIpc) is 2.82. The van der Waals surface area contributed by atoms with Crippen molar-refractivity contribution < 1.29 is 30.1 Å². The van der Waals surface area contributed by atoms with E-state index in [1.54, 1.807) is 0 Å². The molecule has 0 amide bonds. The smallest absolute Gasteiger partial charge is 0.907 e. The summed E-state index contributed by atoms with van der Waals surface area (Å²) in [6.45, 7) is 0. The van der Waals surface area contributed by atoms with E-state index in [9.17, 15) is 0 Å². The van der Waals surface area contributed by atoms with Crippen molar-refractivity contribution in [2.75, 3.05) is 18.5 Å². The summed E-state index contributed by atoms with van der Waals surface area (Å²) in [4.78, 5) is 0. The van der Waals surface area contributed by atoms with Crippen LogP contribution in [0.3, 0.4) is 0 Å². The minimum Gasteiger partial charge on any atom is -0.907 e. The summed E-state index contributed by atoms with van der Waals surface area (Å²) < 4.78 is 0. The van der Waals surface area contributed by atoms with E-state index >= 15 is 0 Å². The highest BCUT2D eigenvalue weighted by atomic mass is 28.2. The van der Waals surface area contributed by atoms with Gasteiger partial charge >= 0.3 is 62.6 Å². The van der Waals surface area contributed by atoms with Gasteiger partial charge in [0.25, 0.3) is 0 Å². The van der Waals surface area contributed by atoms with E-state index in [1.807, 2.05) is 54.6 Å². The van der Waals surface area contributed by atoms with Crippen LogP contribution >= 0.6 is 0 Å². The van der Waals surface area contributed by atoms with E-state index in [0.717, 1.165) is 47.1 Å². The Bertz CT molecular complexity index is 692. The van der Waals surface area contributed by atoms with Crippen molar-refractivity contribution in [2.45, 2.75) is 0 Å². The van der Waals surface area contributed by atoms with E-state index in [2.05, 4.69) is 36.4 Å². The van der Waals surface area contributed by atoms with Gasteiger partial charge in [-0.3, -0.25) is 31.8 Å². The molecule has 6 N–H and O–H groups in total. The normalized spacial score (nSPS) is 8.14. The van der Waals surface area contributed by atoms with Crippen molar-refractivity contribution in [3.63, 3.8) is 0 Å². The molecular weight excluding hydrogens is 496 g/mol. The van der Waals surface area contributed by atoms with E-state index in [4.69, 9.17) is 47.3 Å². The van der Waals surface area contributed by atoms with Crippen LogP contribution in [0.25, 0.3) is 0 Å². The molecule has 0 aliphatic carbocycles. The molecule has 0 aromatic heterocycles. The Hall–Kier alpha value is -1.92. The lowest BCUT2D eigenvalue weighted by Crippen LogP contribution is -2.56. The van der Waals surface area contributed by atoms with Crippen LogP contribution in [-0.2, 0) is 0 Å². The second-order valence-corrected chi connectivity index (χ2v) is 9.84. The molecule has 0 atom stereocenters. The zero-order valence-corrected chi connectivity index (χ0v) is 22.1. The fourth-order valence-corrected chi connectivity index (χ4v) is 4.01. The molecule has 0 aliphatic heterocycles.